The first-order valence-electron chi connectivity index (χ1n) is 13.4. The van der Waals surface area contributed by atoms with Crippen molar-refractivity contribution in [2.45, 2.75) is 37.6 Å². The lowest BCUT2D eigenvalue weighted by molar-refractivity contribution is -0.114. The molecule has 3 aromatic carbocycles. The first-order valence-corrected chi connectivity index (χ1v) is 13.4. The Bertz CT molecular complexity index is 1180. The zero-order valence-corrected chi connectivity index (χ0v) is 22.4. The molecule has 1 aliphatic heterocycles. The molecule has 0 bridgehead atoms. The second-order valence-electron chi connectivity index (χ2n) is 10.7. The highest BCUT2D eigenvalue weighted by Gasteiger charge is 2.44. The number of fused-ring (bicyclic) bond motifs is 1. The van der Waals surface area contributed by atoms with Crippen molar-refractivity contribution in [1.82, 2.24) is 9.80 Å². The average Bonchev–Trinajstić information content (AvgIpc) is 2.94. The molecule has 1 saturated heterocycles. The summed E-state index contributed by atoms with van der Waals surface area (Å²) in [5.41, 5.74) is 1.28. The van der Waals surface area contributed by atoms with Crippen LogP contribution in [0.3, 0.4) is 0 Å². The van der Waals surface area contributed by atoms with Gasteiger partial charge in [0, 0.05) is 38.6 Å². The van der Waals surface area contributed by atoms with Gasteiger partial charge in [-0.3, -0.25) is 0 Å². The standard InChI is InChI=1S/C31H40N2O4/c1-32-14-16-33(17-15-32)21-27-20-30(37-22-23-4-9-28(35-2)10-5-23)12-13-31(27,34)26-8-6-25-19-29(36-3)11-7-24(25)18-26/h4-11,18-19,27,30,34H,12-17,20-22H2,1-3H3. The van der Waals surface area contributed by atoms with Gasteiger partial charge >= 0.3 is 0 Å². The number of aliphatic hydroxyl groups is 1. The first-order chi connectivity index (χ1) is 18.0. The molecule has 37 heavy (non-hydrogen) atoms. The third kappa shape index (κ3) is 5.93. The summed E-state index contributed by atoms with van der Waals surface area (Å²) in [5.74, 6) is 1.80. The van der Waals surface area contributed by atoms with Crippen molar-refractivity contribution in [3.63, 3.8) is 0 Å². The maximum absolute atomic E-state index is 12.3. The van der Waals surface area contributed by atoms with E-state index in [4.69, 9.17) is 14.2 Å². The van der Waals surface area contributed by atoms with Crippen LogP contribution in [0.25, 0.3) is 10.8 Å². The van der Waals surface area contributed by atoms with E-state index in [0.717, 1.165) is 79.0 Å². The minimum atomic E-state index is -0.878. The van der Waals surface area contributed by atoms with E-state index >= 15 is 0 Å². The fraction of sp³-hybridized carbons (Fsp3) is 0.484. The van der Waals surface area contributed by atoms with Crippen molar-refractivity contribution in [2.75, 3.05) is 54.0 Å². The second kappa shape index (κ2) is 11.4. The summed E-state index contributed by atoms with van der Waals surface area (Å²) in [6.07, 6.45) is 2.51. The maximum Gasteiger partial charge on any atom is 0.119 e. The van der Waals surface area contributed by atoms with Gasteiger partial charge in [0.25, 0.3) is 0 Å². The highest BCUT2D eigenvalue weighted by atomic mass is 16.5. The minimum Gasteiger partial charge on any atom is -0.497 e. The molecule has 5 rings (SSSR count). The zero-order valence-electron chi connectivity index (χ0n) is 22.4. The highest BCUT2D eigenvalue weighted by Crippen LogP contribution is 2.44. The van der Waals surface area contributed by atoms with Gasteiger partial charge in [0.2, 0.25) is 0 Å². The number of hydrogen-bond acceptors (Lipinski definition) is 6. The van der Waals surface area contributed by atoms with Crippen LogP contribution in [-0.4, -0.2) is 75.0 Å². The summed E-state index contributed by atoms with van der Waals surface area (Å²) in [7, 11) is 5.55. The topological polar surface area (TPSA) is 54.4 Å². The van der Waals surface area contributed by atoms with Crippen LogP contribution in [0.1, 0.15) is 30.4 Å². The fourth-order valence-corrected chi connectivity index (χ4v) is 5.87. The third-order valence-electron chi connectivity index (χ3n) is 8.34. The quantitative estimate of drug-likeness (QED) is 0.481. The molecule has 3 unspecified atom stereocenters. The molecule has 0 spiro atoms. The van der Waals surface area contributed by atoms with Crippen molar-refractivity contribution in [3.05, 3.63) is 71.8 Å². The molecule has 3 aromatic rings. The second-order valence-corrected chi connectivity index (χ2v) is 10.7. The summed E-state index contributed by atoms with van der Waals surface area (Å²) in [6.45, 7) is 5.68. The summed E-state index contributed by atoms with van der Waals surface area (Å²) in [4.78, 5) is 4.90. The molecule has 0 radical (unpaired) electrons. The molecule has 198 valence electrons. The Hall–Kier alpha value is -2.64. The molecule has 0 amide bonds. The van der Waals surface area contributed by atoms with Crippen molar-refractivity contribution >= 4 is 10.8 Å². The Morgan fingerprint density at radius 3 is 2.27 bits per heavy atom. The van der Waals surface area contributed by atoms with Crippen LogP contribution in [0.15, 0.2) is 60.7 Å². The van der Waals surface area contributed by atoms with Gasteiger partial charge in [-0.15, -0.1) is 0 Å². The molecule has 0 aromatic heterocycles. The Morgan fingerprint density at radius 2 is 1.54 bits per heavy atom. The molecular weight excluding hydrogens is 464 g/mol. The van der Waals surface area contributed by atoms with Gasteiger partial charge in [-0.1, -0.05) is 30.3 Å². The average molecular weight is 505 g/mol. The smallest absolute Gasteiger partial charge is 0.119 e. The Labute approximate surface area is 220 Å². The molecule has 1 saturated carbocycles. The molecule has 2 fully saturated rings. The molecule has 1 aliphatic carbocycles. The number of methoxy groups -OCH3 is 2. The summed E-state index contributed by atoms with van der Waals surface area (Å²) >= 11 is 0. The van der Waals surface area contributed by atoms with Crippen LogP contribution in [0, 0.1) is 5.92 Å². The number of likely N-dealkylation sites (N-methyl/N-ethyl adjacent to an activating group) is 1. The number of hydrogen-bond donors (Lipinski definition) is 1. The van der Waals surface area contributed by atoms with Crippen LogP contribution in [0.4, 0.5) is 0 Å². The lowest BCUT2D eigenvalue weighted by Gasteiger charge is -2.46. The van der Waals surface area contributed by atoms with Crippen molar-refractivity contribution in [2.24, 2.45) is 5.92 Å². The minimum absolute atomic E-state index is 0.0984. The summed E-state index contributed by atoms with van der Waals surface area (Å²) in [6, 6.07) is 20.6. The number of benzene rings is 3. The zero-order chi connectivity index (χ0) is 25.8. The molecule has 6 heteroatoms. The van der Waals surface area contributed by atoms with Gasteiger partial charge in [0.15, 0.2) is 0 Å². The molecule has 2 aliphatic rings. The van der Waals surface area contributed by atoms with E-state index in [1.807, 2.05) is 18.2 Å². The first kappa shape index (κ1) is 26.0. The van der Waals surface area contributed by atoms with E-state index < -0.39 is 5.60 Å². The highest BCUT2D eigenvalue weighted by molar-refractivity contribution is 5.84. The van der Waals surface area contributed by atoms with Crippen LogP contribution < -0.4 is 9.47 Å². The monoisotopic (exact) mass is 504 g/mol. The Morgan fingerprint density at radius 1 is 0.865 bits per heavy atom. The molecule has 3 atom stereocenters. The molecule has 6 nitrogen and oxygen atoms in total. The lowest BCUT2D eigenvalue weighted by atomic mass is 9.70. The van der Waals surface area contributed by atoms with E-state index in [1.54, 1.807) is 14.2 Å². The number of ether oxygens (including phenoxy) is 3. The molecule has 1 N–H and O–H groups in total. The fourth-order valence-electron chi connectivity index (χ4n) is 5.87. The SMILES string of the molecule is COc1ccc(COC2CCC(O)(c3ccc4cc(OC)ccc4c3)C(CN3CCN(C)CC3)C2)cc1. The van der Waals surface area contributed by atoms with E-state index in [9.17, 15) is 5.11 Å². The van der Waals surface area contributed by atoms with E-state index in [1.165, 1.54) is 0 Å². The summed E-state index contributed by atoms with van der Waals surface area (Å²) in [5, 5.41) is 14.5. The molecule has 1 heterocycles. The van der Waals surface area contributed by atoms with Crippen LogP contribution in [-0.2, 0) is 16.9 Å². The van der Waals surface area contributed by atoms with Crippen molar-refractivity contribution in [3.8, 4) is 11.5 Å². The summed E-state index contributed by atoms with van der Waals surface area (Å²) < 4.78 is 17.1. The Kier molecular flexibility index (Phi) is 8.01. The predicted molar refractivity (Wildman–Crippen MR) is 147 cm³/mol. The lowest BCUT2D eigenvalue weighted by Crippen LogP contribution is -2.52. The van der Waals surface area contributed by atoms with Gasteiger partial charge in [-0.25, -0.2) is 0 Å². The van der Waals surface area contributed by atoms with Crippen molar-refractivity contribution in [1.29, 1.82) is 0 Å². The van der Waals surface area contributed by atoms with Gasteiger partial charge in [-0.2, -0.15) is 0 Å². The van der Waals surface area contributed by atoms with E-state index in [-0.39, 0.29) is 12.0 Å². The number of nitrogens with zero attached hydrogens (tertiary/aromatic N) is 2. The Balaban J connectivity index is 1.35. The van der Waals surface area contributed by atoms with Gasteiger partial charge in [0.1, 0.15) is 11.5 Å². The normalized spacial score (nSPS) is 25.3. The number of rotatable bonds is 8. The third-order valence-corrected chi connectivity index (χ3v) is 8.34. The maximum atomic E-state index is 12.3. The van der Waals surface area contributed by atoms with Gasteiger partial charge < -0.3 is 29.1 Å². The number of piperazine rings is 1. The van der Waals surface area contributed by atoms with Gasteiger partial charge in [0.05, 0.1) is 32.5 Å². The predicted octanol–water partition coefficient (Wildman–Crippen LogP) is 4.68. The van der Waals surface area contributed by atoms with Crippen LogP contribution in [0.5, 0.6) is 11.5 Å². The van der Waals surface area contributed by atoms with Crippen LogP contribution in [0.2, 0.25) is 0 Å². The molecular formula is C31H40N2O4. The van der Waals surface area contributed by atoms with E-state index in [0.29, 0.717) is 13.0 Å². The van der Waals surface area contributed by atoms with Crippen LogP contribution >= 0.6 is 0 Å². The largest absolute Gasteiger partial charge is 0.497 e. The van der Waals surface area contributed by atoms with E-state index in [2.05, 4.69) is 59.3 Å². The van der Waals surface area contributed by atoms with Crippen molar-refractivity contribution < 1.29 is 19.3 Å². The van der Waals surface area contributed by atoms with Gasteiger partial charge in [-0.05, 0) is 78.5 Å².